The van der Waals surface area contributed by atoms with Crippen LogP contribution in [0.2, 0.25) is 0 Å². The van der Waals surface area contributed by atoms with Crippen molar-refractivity contribution in [3.63, 3.8) is 0 Å². The lowest BCUT2D eigenvalue weighted by atomic mass is 10.1. The molecule has 110 valence electrons. The molecule has 4 N–H and O–H groups in total. The summed E-state index contributed by atoms with van der Waals surface area (Å²) < 4.78 is 0. The number of benzene rings is 1. The molecule has 7 nitrogen and oxygen atoms in total. The van der Waals surface area contributed by atoms with Crippen molar-refractivity contribution in [3.05, 3.63) is 29.8 Å². The first-order valence-electron chi connectivity index (χ1n) is 7.08. The van der Waals surface area contributed by atoms with Crippen LogP contribution in [0.4, 0.5) is 0 Å². The van der Waals surface area contributed by atoms with E-state index >= 15 is 0 Å². The van der Waals surface area contributed by atoms with Gasteiger partial charge in [0.2, 0.25) is 11.7 Å². The van der Waals surface area contributed by atoms with Crippen LogP contribution in [0.25, 0.3) is 11.4 Å². The molecule has 1 aliphatic carbocycles. The van der Waals surface area contributed by atoms with E-state index in [0.717, 1.165) is 30.4 Å². The van der Waals surface area contributed by atoms with E-state index in [2.05, 4.69) is 25.9 Å². The van der Waals surface area contributed by atoms with Gasteiger partial charge in [0, 0.05) is 24.1 Å². The minimum Gasteiger partial charge on any atom is -0.352 e. The van der Waals surface area contributed by atoms with Gasteiger partial charge in [-0.2, -0.15) is 5.21 Å². The van der Waals surface area contributed by atoms with Gasteiger partial charge in [-0.1, -0.05) is 24.3 Å². The molecule has 2 atom stereocenters. The van der Waals surface area contributed by atoms with Gasteiger partial charge in [-0.3, -0.25) is 4.79 Å². The first kappa shape index (κ1) is 13.7. The van der Waals surface area contributed by atoms with Crippen LogP contribution in [-0.2, 0) is 11.3 Å². The van der Waals surface area contributed by atoms with Crippen LogP contribution in [0.15, 0.2) is 24.3 Å². The van der Waals surface area contributed by atoms with Crippen molar-refractivity contribution >= 4 is 5.91 Å². The molecule has 1 aliphatic rings. The number of hydrogen-bond donors (Lipinski definition) is 3. The Kier molecular flexibility index (Phi) is 3.92. The number of nitrogens with two attached hydrogens (primary N) is 1. The zero-order chi connectivity index (χ0) is 14.7. The molecule has 1 aromatic heterocycles. The summed E-state index contributed by atoms with van der Waals surface area (Å²) >= 11 is 0. The summed E-state index contributed by atoms with van der Waals surface area (Å²) in [5, 5.41) is 16.8. The summed E-state index contributed by atoms with van der Waals surface area (Å²) in [4.78, 5) is 12.0. The molecular formula is C14H18N6O. The smallest absolute Gasteiger partial charge is 0.223 e. The zero-order valence-electron chi connectivity index (χ0n) is 11.6. The topological polar surface area (TPSA) is 110 Å². The molecule has 2 unspecified atom stereocenters. The lowest BCUT2D eigenvalue weighted by Crippen LogP contribution is -2.29. The fraction of sp³-hybridized carbons (Fsp3) is 0.429. The van der Waals surface area contributed by atoms with Gasteiger partial charge >= 0.3 is 0 Å². The van der Waals surface area contributed by atoms with Crippen LogP contribution in [0, 0.1) is 5.92 Å². The van der Waals surface area contributed by atoms with E-state index in [0.29, 0.717) is 12.4 Å². The van der Waals surface area contributed by atoms with Gasteiger partial charge in [0.1, 0.15) is 0 Å². The minimum atomic E-state index is 0.0682. The van der Waals surface area contributed by atoms with E-state index in [-0.39, 0.29) is 17.9 Å². The van der Waals surface area contributed by atoms with Crippen molar-refractivity contribution in [1.29, 1.82) is 0 Å². The number of nitrogens with zero attached hydrogens (tertiary/aromatic N) is 3. The van der Waals surface area contributed by atoms with Gasteiger partial charge in [-0.05, 0) is 30.0 Å². The van der Waals surface area contributed by atoms with Crippen LogP contribution in [0.5, 0.6) is 0 Å². The average molecular weight is 286 g/mol. The highest BCUT2D eigenvalue weighted by Gasteiger charge is 2.27. The highest BCUT2D eigenvalue weighted by atomic mass is 16.1. The summed E-state index contributed by atoms with van der Waals surface area (Å²) in [6.45, 7) is 0.525. The molecule has 1 fully saturated rings. The molecule has 1 heterocycles. The quantitative estimate of drug-likeness (QED) is 0.763. The second-order valence-corrected chi connectivity index (χ2v) is 5.42. The Hall–Kier alpha value is -2.28. The molecule has 0 bridgehead atoms. The molecule has 0 saturated heterocycles. The van der Waals surface area contributed by atoms with Crippen LogP contribution in [0.1, 0.15) is 24.8 Å². The zero-order valence-corrected chi connectivity index (χ0v) is 11.6. The van der Waals surface area contributed by atoms with Crippen LogP contribution in [-0.4, -0.2) is 32.6 Å². The largest absolute Gasteiger partial charge is 0.352 e. The Morgan fingerprint density at radius 3 is 2.76 bits per heavy atom. The number of aromatic nitrogens is 4. The molecule has 3 rings (SSSR count). The lowest BCUT2D eigenvalue weighted by molar-refractivity contribution is -0.125. The molecule has 7 heteroatoms. The van der Waals surface area contributed by atoms with Gasteiger partial charge in [0.15, 0.2) is 0 Å². The normalized spacial score (nSPS) is 21.4. The standard InChI is InChI=1S/C14H18N6O/c15-12-6-5-11(7-12)14(21)16-8-9-1-3-10(4-2-9)13-17-19-20-18-13/h1-4,11-12H,5-8,15H2,(H,16,21)(H,17,18,19,20). The summed E-state index contributed by atoms with van der Waals surface area (Å²) in [6, 6.07) is 7.91. The third-order valence-corrected chi connectivity index (χ3v) is 3.87. The highest BCUT2D eigenvalue weighted by Crippen LogP contribution is 2.24. The van der Waals surface area contributed by atoms with E-state index in [1.165, 1.54) is 0 Å². The highest BCUT2D eigenvalue weighted by molar-refractivity contribution is 5.79. The predicted molar refractivity (Wildman–Crippen MR) is 76.8 cm³/mol. The van der Waals surface area contributed by atoms with Crippen molar-refractivity contribution in [3.8, 4) is 11.4 Å². The molecule has 1 saturated carbocycles. The van der Waals surface area contributed by atoms with Crippen LogP contribution < -0.4 is 11.1 Å². The second kappa shape index (κ2) is 6.01. The molecular weight excluding hydrogens is 268 g/mol. The summed E-state index contributed by atoms with van der Waals surface area (Å²) in [5.41, 5.74) is 7.76. The fourth-order valence-electron chi connectivity index (χ4n) is 2.64. The number of tetrazole rings is 1. The van der Waals surface area contributed by atoms with Gasteiger partial charge < -0.3 is 11.1 Å². The number of aromatic amines is 1. The van der Waals surface area contributed by atoms with E-state index in [9.17, 15) is 4.79 Å². The number of hydrogen-bond acceptors (Lipinski definition) is 5. The Morgan fingerprint density at radius 2 is 2.14 bits per heavy atom. The number of nitrogens with one attached hydrogen (secondary N) is 2. The molecule has 1 amide bonds. The maximum Gasteiger partial charge on any atom is 0.223 e. The molecule has 0 radical (unpaired) electrons. The van der Waals surface area contributed by atoms with E-state index in [1.54, 1.807) is 0 Å². The number of H-pyrrole nitrogens is 1. The van der Waals surface area contributed by atoms with Crippen molar-refractivity contribution in [2.75, 3.05) is 0 Å². The van der Waals surface area contributed by atoms with Crippen molar-refractivity contribution in [1.82, 2.24) is 25.9 Å². The second-order valence-electron chi connectivity index (χ2n) is 5.42. The van der Waals surface area contributed by atoms with Crippen LogP contribution >= 0.6 is 0 Å². The number of rotatable bonds is 4. The molecule has 1 aromatic carbocycles. The van der Waals surface area contributed by atoms with E-state index in [4.69, 9.17) is 5.73 Å². The Labute approximate surface area is 122 Å². The van der Waals surface area contributed by atoms with Crippen LogP contribution in [0.3, 0.4) is 0 Å². The monoisotopic (exact) mass is 286 g/mol. The summed E-state index contributed by atoms with van der Waals surface area (Å²) in [6.07, 6.45) is 2.63. The Bertz CT molecular complexity index is 594. The third-order valence-electron chi connectivity index (χ3n) is 3.87. The first-order valence-corrected chi connectivity index (χ1v) is 7.08. The third kappa shape index (κ3) is 3.25. The van der Waals surface area contributed by atoms with Gasteiger partial charge in [0.05, 0.1) is 0 Å². The Morgan fingerprint density at radius 1 is 1.33 bits per heavy atom. The minimum absolute atomic E-state index is 0.0682. The molecule has 0 spiro atoms. The molecule has 0 aliphatic heterocycles. The maximum atomic E-state index is 12.0. The van der Waals surface area contributed by atoms with Crippen molar-refractivity contribution in [2.45, 2.75) is 31.8 Å². The maximum absolute atomic E-state index is 12.0. The van der Waals surface area contributed by atoms with Gasteiger partial charge in [0.25, 0.3) is 0 Å². The number of carbonyl (C=O) groups excluding carboxylic acids is 1. The van der Waals surface area contributed by atoms with Gasteiger partial charge in [-0.15, -0.1) is 10.2 Å². The van der Waals surface area contributed by atoms with Gasteiger partial charge in [-0.25, -0.2) is 0 Å². The van der Waals surface area contributed by atoms with Crippen molar-refractivity contribution in [2.24, 2.45) is 11.7 Å². The van der Waals surface area contributed by atoms with Crippen molar-refractivity contribution < 1.29 is 4.79 Å². The number of carbonyl (C=O) groups is 1. The summed E-state index contributed by atoms with van der Waals surface area (Å²) in [5.74, 6) is 0.731. The predicted octanol–water partition coefficient (Wildman–Crippen LogP) is 0.610. The lowest BCUT2D eigenvalue weighted by Gasteiger charge is -2.11. The SMILES string of the molecule is NC1CCC(C(=O)NCc2ccc(-c3nn[nH]n3)cc2)C1. The molecule has 21 heavy (non-hydrogen) atoms. The Balaban J connectivity index is 1.55. The van der Waals surface area contributed by atoms with E-state index in [1.807, 2.05) is 24.3 Å². The average Bonchev–Trinajstić information content (AvgIpc) is 3.16. The van der Waals surface area contributed by atoms with E-state index < -0.39 is 0 Å². The fourth-order valence-corrected chi connectivity index (χ4v) is 2.64. The summed E-state index contributed by atoms with van der Waals surface area (Å²) in [7, 11) is 0. The first-order chi connectivity index (χ1) is 10.2. The number of amides is 1. The molecule has 2 aromatic rings.